The number of aromatic nitrogens is 3. The van der Waals surface area contributed by atoms with Gasteiger partial charge in [0.2, 0.25) is 0 Å². The number of aliphatic hydroxyl groups is 1. The molecule has 0 aliphatic rings. The average molecular weight is 365 g/mol. The van der Waals surface area contributed by atoms with E-state index in [0.717, 1.165) is 0 Å². The van der Waals surface area contributed by atoms with E-state index in [9.17, 15) is 14.7 Å². The standard InChI is InChI=1S/C19H19N5O3/c1-20-19(27)16-9-13(18(26)22-14-10-21-24(2)11-14)8-15(23-16)17(25)12-6-4-3-5-7-12/h3-11,17,25H,1-2H3,(H,20,27)(H,22,26)/t17-/m0/s1. The Hall–Kier alpha value is -3.52. The van der Waals surface area contributed by atoms with Crippen LogP contribution in [0.3, 0.4) is 0 Å². The Bertz CT molecular complexity index is 968. The Morgan fingerprint density at radius 2 is 1.89 bits per heavy atom. The van der Waals surface area contributed by atoms with Crippen LogP contribution in [-0.2, 0) is 7.05 Å². The Morgan fingerprint density at radius 3 is 2.52 bits per heavy atom. The van der Waals surface area contributed by atoms with Crippen molar-refractivity contribution in [3.63, 3.8) is 0 Å². The van der Waals surface area contributed by atoms with Gasteiger partial charge in [-0.15, -0.1) is 0 Å². The minimum atomic E-state index is -1.07. The third-order valence-electron chi connectivity index (χ3n) is 3.93. The van der Waals surface area contributed by atoms with Crippen LogP contribution >= 0.6 is 0 Å². The fourth-order valence-corrected chi connectivity index (χ4v) is 2.56. The molecular formula is C19H19N5O3. The van der Waals surface area contributed by atoms with Crippen molar-refractivity contribution in [1.29, 1.82) is 0 Å². The predicted molar refractivity (Wildman–Crippen MR) is 99.3 cm³/mol. The van der Waals surface area contributed by atoms with Crippen LogP contribution in [-0.4, -0.2) is 38.7 Å². The fourth-order valence-electron chi connectivity index (χ4n) is 2.56. The molecule has 0 fully saturated rings. The number of carbonyl (C=O) groups excluding carboxylic acids is 2. The van der Waals surface area contributed by atoms with Crippen LogP contribution in [0.4, 0.5) is 5.69 Å². The van der Waals surface area contributed by atoms with Gasteiger partial charge in [-0.25, -0.2) is 4.98 Å². The molecule has 3 aromatic rings. The molecule has 3 N–H and O–H groups in total. The Balaban J connectivity index is 1.97. The second kappa shape index (κ2) is 7.79. The lowest BCUT2D eigenvalue weighted by Crippen LogP contribution is -2.22. The summed E-state index contributed by atoms with van der Waals surface area (Å²) in [5.41, 5.74) is 1.58. The molecule has 0 unspecified atom stereocenters. The number of amides is 2. The quantitative estimate of drug-likeness (QED) is 0.635. The number of rotatable bonds is 5. The maximum atomic E-state index is 12.6. The number of nitrogens with zero attached hydrogens (tertiary/aromatic N) is 3. The van der Waals surface area contributed by atoms with Crippen LogP contribution in [0.25, 0.3) is 0 Å². The van der Waals surface area contributed by atoms with Crippen molar-refractivity contribution in [2.24, 2.45) is 7.05 Å². The van der Waals surface area contributed by atoms with Crippen molar-refractivity contribution >= 4 is 17.5 Å². The first kappa shape index (κ1) is 18.3. The van der Waals surface area contributed by atoms with Crippen molar-refractivity contribution in [3.8, 4) is 0 Å². The lowest BCUT2D eigenvalue weighted by molar-refractivity contribution is 0.0957. The molecule has 8 heteroatoms. The molecule has 2 amide bonds. The molecule has 1 atom stereocenters. The third kappa shape index (κ3) is 4.18. The monoisotopic (exact) mass is 365 g/mol. The molecule has 0 saturated heterocycles. The summed E-state index contributed by atoms with van der Waals surface area (Å²) < 4.78 is 1.56. The smallest absolute Gasteiger partial charge is 0.269 e. The van der Waals surface area contributed by atoms with E-state index in [-0.39, 0.29) is 17.0 Å². The molecular weight excluding hydrogens is 346 g/mol. The minimum absolute atomic E-state index is 0.0429. The van der Waals surface area contributed by atoms with Crippen LogP contribution < -0.4 is 10.6 Å². The van der Waals surface area contributed by atoms with Gasteiger partial charge < -0.3 is 15.7 Å². The summed E-state index contributed by atoms with van der Waals surface area (Å²) in [6, 6.07) is 11.7. The van der Waals surface area contributed by atoms with Crippen LogP contribution in [0.15, 0.2) is 54.9 Å². The van der Waals surface area contributed by atoms with E-state index in [0.29, 0.717) is 11.3 Å². The summed E-state index contributed by atoms with van der Waals surface area (Å²) in [7, 11) is 3.21. The largest absolute Gasteiger partial charge is 0.382 e. The molecule has 2 heterocycles. The number of hydrogen-bond acceptors (Lipinski definition) is 5. The Labute approximate surface area is 155 Å². The summed E-state index contributed by atoms with van der Waals surface area (Å²) in [4.78, 5) is 28.9. The van der Waals surface area contributed by atoms with Crippen molar-refractivity contribution in [2.45, 2.75) is 6.10 Å². The second-order valence-corrected chi connectivity index (χ2v) is 5.92. The van der Waals surface area contributed by atoms with E-state index in [1.54, 1.807) is 42.2 Å². The first-order chi connectivity index (χ1) is 13.0. The van der Waals surface area contributed by atoms with E-state index in [2.05, 4.69) is 20.7 Å². The fraction of sp³-hybridized carbons (Fsp3) is 0.158. The molecule has 0 aliphatic carbocycles. The predicted octanol–water partition coefficient (Wildman–Crippen LogP) is 1.51. The van der Waals surface area contributed by atoms with Gasteiger partial charge >= 0.3 is 0 Å². The summed E-state index contributed by atoms with van der Waals surface area (Å²) in [5, 5.41) is 19.8. The van der Waals surface area contributed by atoms with E-state index in [1.165, 1.54) is 25.4 Å². The lowest BCUT2D eigenvalue weighted by Gasteiger charge is -2.13. The first-order valence-corrected chi connectivity index (χ1v) is 8.25. The van der Waals surface area contributed by atoms with Crippen LogP contribution in [0.2, 0.25) is 0 Å². The van der Waals surface area contributed by atoms with E-state index < -0.39 is 17.9 Å². The van der Waals surface area contributed by atoms with Gasteiger partial charge in [-0.05, 0) is 17.7 Å². The zero-order valence-electron chi connectivity index (χ0n) is 14.9. The number of aryl methyl sites for hydroxylation is 1. The average Bonchev–Trinajstić information content (AvgIpc) is 3.11. The van der Waals surface area contributed by atoms with Gasteiger partial charge in [0.1, 0.15) is 11.8 Å². The molecule has 0 radical (unpaired) electrons. The molecule has 0 spiro atoms. The number of pyridine rings is 1. The molecule has 2 aromatic heterocycles. The van der Waals surface area contributed by atoms with Crippen molar-refractivity contribution < 1.29 is 14.7 Å². The number of carbonyl (C=O) groups is 2. The topological polar surface area (TPSA) is 109 Å². The highest BCUT2D eigenvalue weighted by atomic mass is 16.3. The minimum Gasteiger partial charge on any atom is -0.382 e. The van der Waals surface area contributed by atoms with Gasteiger partial charge in [-0.3, -0.25) is 14.3 Å². The summed E-state index contributed by atoms with van der Waals surface area (Å²) in [5.74, 6) is -0.885. The molecule has 138 valence electrons. The first-order valence-electron chi connectivity index (χ1n) is 8.25. The van der Waals surface area contributed by atoms with E-state index >= 15 is 0 Å². The normalized spacial score (nSPS) is 11.7. The van der Waals surface area contributed by atoms with Crippen molar-refractivity contribution in [3.05, 3.63) is 77.4 Å². The molecule has 0 bridgehead atoms. The molecule has 27 heavy (non-hydrogen) atoms. The molecule has 8 nitrogen and oxygen atoms in total. The molecule has 1 aromatic carbocycles. The lowest BCUT2D eigenvalue weighted by atomic mass is 10.0. The van der Waals surface area contributed by atoms with Crippen LogP contribution in [0.5, 0.6) is 0 Å². The highest BCUT2D eigenvalue weighted by Gasteiger charge is 2.19. The van der Waals surface area contributed by atoms with Gasteiger partial charge in [0, 0.05) is 25.9 Å². The number of nitrogens with one attached hydrogen (secondary N) is 2. The van der Waals surface area contributed by atoms with Gasteiger partial charge in [-0.1, -0.05) is 30.3 Å². The number of hydrogen-bond donors (Lipinski definition) is 3. The van der Waals surface area contributed by atoms with Crippen molar-refractivity contribution in [1.82, 2.24) is 20.1 Å². The van der Waals surface area contributed by atoms with Gasteiger partial charge in [-0.2, -0.15) is 5.10 Å². The maximum absolute atomic E-state index is 12.6. The Kier molecular flexibility index (Phi) is 5.28. The van der Waals surface area contributed by atoms with Crippen LogP contribution in [0.1, 0.15) is 38.2 Å². The maximum Gasteiger partial charge on any atom is 0.269 e. The number of anilines is 1. The highest BCUT2D eigenvalue weighted by Crippen LogP contribution is 2.22. The van der Waals surface area contributed by atoms with Crippen LogP contribution in [0, 0.1) is 0 Å². The molecule has 0 saturated carbocycles. The number of aliphatic hydroxyl groups excluding tert-OH is 1. The highest BCUT2D eigenvalue weighted by molar-refractivity contribution is 6.05. The molecule has 3 rings (SSSR count). The Morgan fingerprint density at radius 1 is 1.15 bits per heavy atom. The van der Waals surface area contributed by atoms with Crippen molar-refractivity contribution in [2.75, 3.05) is 12.4 Å². The molecule has 0 aliphatic heterocycles. The summed E-state index contributed by atoms with van der Waals surface area (Å²) in [6.07, 6.45) is 2.09. The van der Waals surface area contributed by atoms with E-state index in [4.69, 9.17) is 0 Å². The third-order valence-corrected chi connectivity index (χ3v) is 3.93. The SMILES string of the molecule is CNC(=O)c1cc(C(=O)Nc2cnn(C)c2)cc([C@@H](O)c2ccccc2)n1. The van der Waals surface area contributed by atoms with Gasteiger partial charge in [0.05, 0.1) is 17.6 Å². The summed E-state index contributed by atoms with van der Waals surface area (Å²) in [6.45, 7) is 0. The van der Waals surface area contributed by atoms with E-state index in [1.807, 2.05) is 6.07 Å². The second-order valence-electron chi connectivity index (χ2n) is 5.92. The van der Waals surface area contributed by atoms with Gasteiger partial charge in [0.15, 0.2) is 0 Å². The zero-order valence-corrected chi connectivity index (χ0v) is 14.9. The summed E-state index contributed by atoms with van der Waals surface area (Å²) >= 11 is 0. The number of benzene rings is 1. The van der Waals surface area contributed by atoms with Gasteiger partial charge in [0.25, 0.3) is 11.8 Å². The zero-order chi connectivity index (χ0) is 19.4.